The minimum Gasteiger partial charge on any atom is -0.504 e. The number of carboxylic acids is 1. The van der Waals surface area contributed by atoms with Gasteiger partial charge in [-0.05, 0) is 44.1 Å². The van der Waals surface area contributed by atoms with Gasteiger partial charge in [-0.3, -0.25) is 4.79 Å². The number of esters is 2. The number of likely N-dealkylation sites (tertiary alicyclic amines) is 1. The first kappa shape index (κ1) is 26.3. The molecule has 6 rings (SSSR count). The molecule has 1 saturated heterocycles. The number of likely N-dealkylation sites (N-methyl/N-ethyl adjacent to an activating group) is 1. The van der Waals surface area contributed by atoms with Crippen LogP contribution in [0.2, 0.25) is 0 Å². The van der Waals surface area contributed by atoms with Gasteiger partial charge in [0.05, 0.1) is 17.4 Å². The number of piperidine rings is 1. The highest BCUT2D eigenvalue weighted by molar-refractivity contribution is 5.84. The Kier molecular flexibility index (Phi) is 6.13. The molecule has 40 heavy (non-hydrogen) atoms. The fraction of sp³-hybridized carbons (Fsp3) is 0.414. The number of rotatable bonds is 7. The van der Waals surface area contributed by atoms with Crippen LogP contribution in [-0.2, 0) is 35.7 Å². The molecular formula is C29H29NO10. The third-order valence-corrected chi connectivity index (χ3v) is 8.78. The summed E-state index contributed by atoms with van der Waals surface area (Å²) in [4.78, 5) is 39.1. The molecule has 0 radical (unpaired) electrons. The van der Waals surface area contributed by atoms with E-state index in [9.17, 15) is 29.7 Å². The summed E-state index contributed by atoms with van der Waals surface area (Å²) in [6, 6.07) is 11.3. The maximum absolute atomic E-state index is 13.6. The average molecular weight is 552 g/mol. The Balaban J connectivity index is 1.34. The molecule has 2 heterocycles. The van der Waals surface area contributed by atoms with E-state index in [0.29, 0.717) is 19.4 Å². The number of aliphatic carboxylic acids is 1. The van der Waals surface area contributed by atoms with Crippen molar-refractivity contribution in [2.24, 2.45) is 0 Å². The number of phenols is 1. The fourth-order valence-electron chi connectivity index (χ4n) is 6.91. The first-order chi connectivity index (χ1) is 19.1. The van der Waals surface area contributed by atoms with Gasteiger partial charge >= 0.3 is 17.9 Å². The zero-order valence-corrected chi connectivity index (χ0v) is 21.6. The van der Waals surface area contributed by atoms with E-state index in [1.807, 2.05) is 13.1 Å². The number of carboxylic acid groups (broad SMARTS) is 1. The lowest BCUT2D eigenvalue weighted by Crippen LogP contribution is -2.74. The van der Waals surface area contributed by atoms with Crippen molar-refractivity contribution >= 4 is 17.9 Å². The summed E-state index contributed by atoms with van der Waals surface area (Å²) in [5.74, 6) is -3.33. The summed E-state index contributed by atoms with van der Waals surface area (Å²) in [6.07, 6.45) is -2.49. The third kappa shape index (κ3) is 3.72. The van der Waals surface area contributed by atoms with Crippen molar-refractivity contribution < 1.29 is 49.0 Å². The number of phenolic OH excluding ortho intramolecular Hbond substituents is 1. The van der Waals surface area contributed by atoms with Gasteiger partial charge in [-0.1, -0.05) is 36.4 Å². The fourth-order valence-corrected chi connectivity index (χ4v) is 6.91. The molecule has 210 valence electrons. The molecular weight excluding hydrogens is 522 g/mol. The van der Waals surface area contributed by atoms with Crippen LogP contribution in [0.4, 0.5) is 0 Å². The molecule has 1 spiro atoms. The highest BCUT2D eigenvalue weighted by atomic mass is 16.6. The molecule has 11 nitrogen and oxygen atoms in total. The van der Waals surface area contributed by atoms with E-state index in [1.54, 1.807) is 42.5 Å². The van der Waals surface area contributed by atoms with Crippen molar-refractivity contribution in [2.75, 3.05) is 13.6 Å². The molecule has 11 heteroatoms. The lowest BCUT2D eigenvalue weighted by molar-refractivity contribution is -0.177. The van der Waals surface area contributed by atoms with E-state index in [0.717, 1.165) is 11.1 Å². The van der Waals surface area contributed by atoms with E-state index in [2.05, 4.69) is 4.90 Å². The van der Waals surface area contributed by atoms with Gasteiger partial charge in [-0.15, -0.1) is 0 Å². The van der Waals surface area contributed by atoms with Gasteiger partial charge in [-0.25, -0.2) is 9.59 Å². The molecule has 4 N–H and O–H groups in total. The topological polar surface area (TPSA) is 163 Å². The number of carbonyl (C=O) groups excluding carboxylic acids is 2. The van der Waals surface area contributed by atoms with Gasteiger partial charge in [0.2, 0.25) is 6.10 Å². The van der Waals surface area contributed by atoms with E-state index in [1.165, 1.54) is 0 Å². The number of nitrogens with zero attached hydrogens (tertiary/aromatic N) is 1. The number of ether oxygens (including phenoxy) is 3. The van der Waals surface area contributed by atoms with Crippen LogP contribution in [0.15, 0.2) is 54.3 Å². The largest absolute Gasteiger partial charge is 0.504 e. The Morgan fingerprint density at radius 1 is 1.18 bits per heavy atom. The van der Waals surface area contributed by atoms with Crippen molar-refractivity contribution in [3.05, 3.63) is 71.0 Å². The van der Waals surface area contributed by atoms with Gasteiger partial charge in [0.1, 0.15) is 5.76 Å². The first-order valence-corrected chi connectivity index (χ1v) is 13.1. The van der Waals surface area contributed by atoms with Crippen molar-refractivity contribution in [3.8, 4) is 11.5 Å². The summed E-state index contributed by atoms with van der Waals surface area (Å²) in [5.41, 5.74) is -0.243. The predicted molar refractivity (Wildman–Crippen MR) is 136 cm³/mol. The van der Waals surface area contributed by atoms with Gasteiger partial charge < -0.3 is 39.5 Å². The van der Waals surface area contributed by atoms with Gasteiger partial charge in [0.25, 0.3) is 0 Å². The van der Waals surface area contributed by atoms with E-state index in [-0.39, 0.29) is 35.3 Å². The van der Waals surface area contributed by atoms with Crippen LogP contribution in [0.25, 0.3) is 0 Å². The van der Waals surface area contributed by atoms with Gasteiger partial charge in [0.15, 0.2) is 23.7 Å². The second-order valence-corrected chi connectivity index (χ2v) is 10.9. The van der Waals surface area contributed by atoms with Gasteiger partial charge in [-0.2, -0.15) is 0 Å². The predicted octanol–water partition coefficient (Wildman–Crippen LogP) is 1.33. The summed E-state index contributed by atoms with van der Waals surface area (Å²) in [7, 11) is 1.96. The highest BCUT2D eigenvalue weighted by Crippen LogP contribution is 2.65. The Morgan fingerprint density at radius 3 is 2.65 bits per heavy atom. The number of hydrogen-bond donors (Lipinski definition) is 4. The maximum Gasteiger partial charge on any atom is 0.357 e. The van der Waals surface area contributed by atoms with Crippen LogP contribution in [-0.4, -0.2) is 80.7 Å². The molecule has 2 aromatic carbocycles. The number of aliphatic hydroxyl groups excluding tert-OH is 1. The third-order valence-electron chi connectivity index (χ3n) is 8.78. The molecule has 4 aliphatic rings. The van der Waals surface area contributed by atoms with E-state index < -0.39 is 53.7 Å². The average Bonchev–Trinajstić information content (AvgIpc) is 3.29. The second kappa shape index (κ2) is 9.33. The molecule has 0 aromatic heterocycles. The van der Waals surface area contributed by atoms with Crippen molar-refractivity contribution in [1.82, 2.24) is 4.90 Å². The number of aliphatic hydroxyl groups is 2. The molecule has 2 aliphatic heterocycles. The van der Waals surface area contributed by atoms with Crippen molar-refractivity contribution in [2.45, 2.75) is 61.1 Å². The van der Waals surface area contributed by atoms with Crippen LogP contribution in [0.3, 0.4) is 0 Å². The molecule has 0 amide bonds. The first-order valence-electron chi connectivity index (χ1n) is 13.1. The Morgan fingerprint density at radius 2 is 1.93 bits per heavy atom. The molecule has 2 aliphatic carbocycles. The van der Waals surface area contributed by atoms with Crippen molar-refractivity contribution in [3.63, 3.8) is 0 Å². The summed E-state index contributed by atoms with van der Waals surface area (Å²) in [5, 5.41) is 41.4. The van der Waals surface area contributed by atoms with Crippen molar-refractivity contribution in [1.29, 1.82) is 0 Å². The zero-order chi connectivity index (χ0) is 28.4. The lowest BCUT2D eigenvalue weighted by atomic mass is 9.50. The number of carbonyl (C=O) groups is 3. The normalized spacial score (nSPS) is 29.3. The van der Waals surface area contributed by atoms with Crippen LogP contribution < -0.4 is 4.74 Å². The highest BCUT2D eigenvalue weighted by Gasteiger charge is 2.72. The standard InChI is InChI=1S/C29H29NO10/c1-30-12-11-28-22-16-7-8-17(31)24(22)40-25(28)19(9-10-29(28,37)20(30)13-16)38-27(36)23(15-5-3-2-4-6-15)39-21(33)14-18(32)26(34)35/h2-9,18,20,23,25,31-32,37H,10-14H2,1H3,(H,34,35)/t18?,20-,23+,25+,28+,29-/m1/s1. The molecule has 2 bridgehead atoms. The summed E-state index contributed by atoms with van der Waals surface area (Å²) >= 11 is 0. The van der Waals surface area contributed by atoms with Crippen LogP contribution >= 0.6 is 0 Å². The minimum absolute atomic E-state index is 0.0685. The Labute approximate surface area is 229 Å². The molecule has 1 unspecified atom stereocenters. The second-order valence-electron chi connectivity index (χ2n) is 10.9. The Bertz CT molecular complexity index is 1420. The number of hydrogen-bond acceptors (Lipinski definition) is 10. The monoisotopic (exact) mass is 551 g/mol. The number of aromatic hydroxyl groups is 1. The van der Waals surface area contributed by atoms with Crippen LogP contribution in [0.1, 0.15) is 42.1 Å². The Hall–Kier alpha value is -3.93. The summed E-state index contributed by atoms with van der Waals surface area (Å²) < 4.78 is 17.5. The molecule has 0 saturated carbocycles. The quantitative estimate of drug-likeness (QED) is 0.367. The van der Waals surface area contributed by atoms with Crippen LogP contribution in [0.5, 0.6) is 11.5 Å². The van der Waals surface area contributed by atoms with Gasteiger partial charge in [0, 0.05) is 23.6 Å². The molecule has 6 atom stereocenters. The van der Waals surface area contributed by atoms with Crippen LogP contribution in [0, 0.1) is 0 Å². The smallest absolute Gasteiger partial charge is 0.357 e. The number of benzene rings is 2. The van der Waals surface area contributed by atoms with E-state index >= 15 is 0 Å². The zero-order valence-electron chi connectivity index (χ0n) is 21.6. The lowest BCUT2D eigenvalue weighted by Gasteiger charge is -2.61. The van der Waals surface area contributed by atoms with E-state index in [4.69, 9.17) is 19.3 Å². The molecule has 1 fully saturated rings. The SMILES string of the molecule is CN1CC[C@]23c4c5ccc(O)c4O[C@H]2C(OC(=O)[C@@H](OC(=O)CC(O)C(=O)O)c2ccccc2)=CC[C@@]3(O)[C@H]1C5. The maximum atomic E-state index is 13.6. The molecule has 2 aromatic rings. The minimum atomic E-state index is -1.99. The summed E-state index contributed by atoms with van der Waals surface area (Å²) in [6.45, 7) is 0.652.